The minimum absolute atomic E-state index is 0.186. The van der Waals surface area contributed by atoms with Crippen molar-refractivity contribution in [2.75, 3.05) is 5.32 Å². The molecule has 116 valence electrons. The van der Waals surface area contributed by atoms with Crippen LogP contribution in [-0.4, -0.2) is 25.9 Å². The number of nitrogens with one attached hydrogen (secondary N) is 2. The lowest BCUT2D eigenvalue weighted by Crippen LogP contribution is -2.16. The second kappa shape index (κ2) is 5.88. The summed E-state index contributed by atoms with van der Waals surface area (Å²) < 4.78 is 1.60. The molecule has 3 rings (SSSR count). The number of para-hydroxylation sites is 1. The van der Waals surface area contributed by atoms with Crippen LogP contribution in [0.5, 0.6) is 0 Å². The molecule has 2 N–H and O–H groups in total. The highest BCUT2D eigenvalue weighted by molar-refractivity contribution is 6.03. The molecular formula is C16H15N5O2. The van der Waals surface area contributed by atoms with E-state index in [1.165, 1.54) is 6.20 Å². The van der Waals surface area contributed by atoms with Crippen molar-refractivity contribution in [1.82, 2.24) is 20.0 Å². The lowest BCUT2D eigenvalue weighted by atomic mass is 10.2. The number of aryl methyl sites for hydroxylation is 1. The van der Waals surface area contributed by atoms with Gasteiger partial charge in [0.25, 0.3) is 11.5 Å². The number of benzene rings is 1. The van der Waals surface area contributed by atoms with Gasteiger partial charge in [-0.05, 0) is 32.0 Å². The molecule has 1 amide bonds. The van der Waals surface area contributed by atoms with Crippen LogP contribution in [0.2, 0.25) is 0 Å². The molecule has 0 bridgehead atoms. The van der Waals surface area contributed by atoms with Gasteiger partial charge in [-0.1, -0.05) is 23.4 Å². The predicted molar refractivity (Wildman–Crippen MR) is 85.8 cm³/mol. The van der Waals surface area contributed by atoms with E-state index in [9.17, 15) is 9.59 Å². The van der Waals surface area contributed by atoms with Crippen molar-refractivity contribution < 1.29 is 4.79 Å². The Morgan fingerprint density at radius 2 is 1.96 bits per heavy atom. The number of amides is 1. The van der Waals surface area contributed by atoms with Crippen molar-refractivity contribution in [3.63, 3.8) is 0 Å². The van der Waals surface area contributed by atoms with Crippen molar-refractivity contribution in [2.24, 2.45) is 0 Å². The van der Waals surface area contributed by atoms with Gasteiger partial charge in [-0.15, -0.1) is 5.10 Å². The predicted octanol–water partition coefficient (Wildman–Crippen LogP) is 1.82. The monoisotopic (exact) mass is 309 g/mol. The number of pyridine rings is 1. The number of anilines is 1. The van der Waals surface area contributed by atoms with E-state index < -0.39 is 0 Å². The molecule has 0 aliphatic carbocycles. The average Bonchev–Trinajstić information content (AvgIpc) is 2.93. The second-order valence-electron chi connectivity index (χ2n) is 5.13. The van der Waals surface area contributed by atoms with Crippen LogP contribution in [0.1, 0.15) is 21.7 Å². The van der Waals surface area contributed by atoms with Gasteiger partial charge in [0.15, 0.2) is 5.69 Å². The molecule has 0 atom stereocenters. The van der Waals surface area contributed by atoms with Crippen LogP contribution in [0.3, 0.4) is 0 Å². The van der Waals surface area contributed by atoms with Crippen LogP contribution in [0, 0.1) is 13.8 Å². The normalized spacial score (nSPS) is 10.5. The van der Waals surface area contributed by atoms with E-state index in [1.54, 1.807) is 24.6 Å². The summed E-state index contributed by atoms with van der Waals surface area (Å²) in [6.07, 6.45) is 1.45. The third-order valence-corrected chi connectivity index (χ3v) is 3.46. The first-order valence-electron chi connectivity index (χ1n) is 7.04. The summed E-state index contributed by atoms with van der Waals surface area (Å²) in [5.74, 6) is -0.379. The highest BCUT2D eigenvalue weighted by Gasteiger charge is 2.17. The average molecular weight is 309 g/mol. The standard InChI is InChI=1S/C16H15N5O2/c1-10-8-12(9-17-15(10)22)18-16(23)14-11(2)21(20-19-14)13-6-4-3-5-7-13/h3-9H,1-2H3,(H,17,22)(H,18,23). The maximum atomic E-state index is 12.4. The quantitative estimate of drug-likeness (QED) is 0.772. The summed E-state index contributed by atoms with van der Waals surface area (Å²) >= 11 is 0. The number of aromatic amines is 1. The van der Waals surface area contributed by atoms with Crippen molar-refractivity contribution in [3.05, 3.63) is 69.9 Å². The fourth-order valence-electron chi connectivity index (χ4n) is 2.21. The Bertz CT molecular complexity index is 912. The lowest BCUT2D eigenvalue weighted by Gasteiger charge is -2.05. The fourth-order valence-corrected chi connectivity index (χ4v) is 2.21. The Morgan fingerprint density at radius 3 is 2.65 bits per heavy atom. The van der Waals surface area contributed by atoms with Gasteiger partial charge in [0, 0.05) is 11.8 Å². The highest BCUT2D eigenvalue weighted by atomic mass is 16.2. The first kappa shape index (κ1) is 14.7. The van der Waals surface area contributed by atoms with Crippen molar-refractivity contribution >= 4 is 11.6 Å². The lowest BCUT2D eigenvalue weighted by molar-refractivity contribution is 0.102. The second-order valence-corrected chi connectivity index (χ2v) is 5.13. The molecule has 0 saturated carbocycles. The summed E-state index contributed by atoms with van der Waals surface area (Å²) in [5.41, 5.74) is 2.53. The molecule has 23 heavy (non-hydrogen) atoms. The SMILES string of the molecule is Cc1cc(NC(=O)c2nnn(-c3ccccc3)c2C)c[nH]c1=O. The van der Waals surface area contributed by atoms with E-state index in [2.05, 4.69) is 20.6 Å². The van der Waals surface area contributed by atoms with Gasteiger partial charge in [-0.25, -0.2) is 4.68 Å². The Balaban J connectivity index is 1.87. The van der Waals surface area contributed by atoms with Gasteiger partial charge in [0.2, 0.25) is 0 Å². The van der Waals surface area contributed by atoms with E-state index in [0.29, 0.717) is 16.9 Å². The maximum absolute atomic E-state index is 12.4. The van der Waals surface area contributed by atoms with Crippen LogP contribution in [0.4, 0.5) is 5.69 Å². The molecule has 0 radical (unpaired) electrons. The number of hydrogen-bond donors (Lipinski definition) is 2. The van der Waals surface area contributed by atoms with Gasteiger partial charge in [-0.3, -0.25) is 9.59 Å². The van der Waals surface area contributed by atoms with Crippen LogP contribution in [-0.2, 0) is 0 Å². The molecule has 0 aliphatic rings. The molecule has 0 saturated heterocycles. The zero-order valence-electron chi connectivity index (χ0n) is 12.7. The third-order valence-electron chi connectivity index (χ3n) is 3.46. The number of aromatic nitrogens is 4. The summed E-state index contributed by atoms with van der Waals surface area (Å²) in [5, 5.41) is 10.7. The van der Waals surface area contributed by atoms with Gasteiger partial charge in [-0.2, -0.15) is 0 Å². The van der Waals surface area contributed by atoms with E-state index in [4.69, 9.17) is 0 Å². The van der Waals surface area contributed by atoms with Crippen LogP contribution in [0.15, 0.2) is 47.4 Å². The third kappa shape index (κ3) is 2.89. The number of H-pyrrole nitrogens is 1. The molecular weight excluding hydrogens is 294 g/mol. The fraction of sp³-hybridized carbons (Fsp3) is 0.125. The Kier molecular flexibility index (Phi) is 3.76. The molecule has 2 heterocycles. The number of carbonyl (C=O) groups excluding carboxylic acids is 1. The van der Waals surface area contributed by atoms with E-state index >= 15 is 0 Å². The highest BCUT2D eigenvalue weighted by Crippen LogP contribution is 2.13. The molecule has 1 aromatic carbocycles. The summed E-state index contributed by atoms with van der Waals surface area (Å²) in [7, 11) is 0. The Labute approximate surface area is 132 Å². The van der Waals surface area contributed by atoms with Gasteiger partial charge >= 0.3 is 0 Å². The summed E-state index contributed by atoms with van der Waals surface area (Å²) in [4.78, 5) is 26.3. The minimum Gasteiger partial charge on any atom is -0.327 e. The Hall–Kier alpha value is -3.22. The molecule has 0 aliphatic heterocycles. The van der Waals surface area contributed by atoms with Crippen LogP contribution < -0.4 is 10.9 Å². The topological polar surface area (TPSA) is 92.7 Å². The first-order valence-corrected chi connectivity index (χ1v) is 7.04. The van der Waals surface area contributed by atoms with Crippen LogP contribution in [0.25, 0.3) is 5.69 Å². The largest absolute Gasteiger partial charge is 0.327 e. The van der Waals surface area contributed by atoms with E-state index in [-0.39, 0.29) is 17.2 Å². The van der Waals surface area contributed by atoms with Crippen molar-refractivity contribution in [1.29, 1.82) is 0 Å². The maximum Gasteiger partial charge on any atom is 0.278 e. The molecule has 2 aromatic heterocycles. The summed E-state index contributed by atoms with van der Waals surface area (Å²) in [6, 6.07) is 11.1. The number of nitrogens with zero attached hydrogens (tertiary/aromatic N) is 3. The first-order chi connectivity index (χ1) is 11.1. The molecule has 7 nitrogen and oxygen atoms in total. The molecule has 3 aromatic rings. The molecule has 0 spiro atoms. The zero-order chi connectivity index (χ0) is 16.4. The van der Waals surface area contributed by atoms with Crippen LogP contribution >= 0.6 is 0 Å². The van der Waals surface area contributed by atoms with Crippen molar-refractivity contribution in [2.45, 2.75) is 13.8 Å². The molecule has 0 fully saturated rings. The van der Waals surface area contributed by atoms with E-state index in [1.807, 2.05) is 30.3 Å². The number of rotatable bonds is 3. The van der Waals surface area contributed by atoms with Gasteiger partial charge in [0.05, 0.1) is 17.1 Å². The zero-order valence-corrected chi connectivity index (χ0v) is 12.7. The van der Waals surface area contributed by atoms with Gasteiger partial charge in [0.1, 0.15) is 0 Å². The van der Waals surface area contributed by atoms with Crippen molar-refractivity contribution in [3.8, 4) is 5.69 Å². The molecule has 7 heteroatoms. The molecule has 0 unspecified atom stereocenters. The van der Waals surface area contributed by atoms with E-state index in [0.717, 1.165) is 5.69 Å². The van der Waals surface area contributed by atoms with Gasteiger partial charge < -0.3 is 10.3 Å². The number of hydrogen-bond acceptors (Lipinski definition) is 4. The summed E-state index contributed by atoms with van der Waals surface area (Å²) in [6.45, 7) is 3.45. The Morgan fingerprint density at radius 1 is 1.22 bits per heavy atom. The minimum atomic E-state index is -0.379. The number of carbonyl (C=O) groups is 1. The smallest absolute Gasteiger partial charge is 0.278 e.